The van der Waals surface area contributed by atoms with Crippen molar-refractivity contribution in [2.45, 2.75) is 27.2 Å². The molecule has 176 valence electrons. The first-order chi connectivity index (χ1) is 16.9. The van der Waals surface area contributed by atoms with Crippen LogP contribution >= 0.6 is 23.6 Å². The normalized spacial score (nSPS) is 11.1. The number of fused-ring (bicyclic) bond motifs is 1. The molecule has 0 aliphatic rings. The zero-order valence-corrected chi connectivity index (χ0v) is 21.0. The number of aromatic nitrogens is 4. The smallest absolute Gasteiger partial charge is 0.293 e. The van der Waals surface area contributed by atoms with Crippen LogP contribution < -0.4 is 10.6 Å². The van der Waals surface area contributed by atoms with Crippen molar-refractivity contribution >= 4 is 45.2 Å². The minimum Gasteiger partial charge on any atom is -0.451 e. The SMILES string of the molecule is CCc1nnc2sc(-c3ccc(NC(=S)NC(=O)c4ccc(-c5ccc(C)c(C)c5)o4)cc3)nn12. The number of aryl methyl sites for hydroxylation is 3. The Bertz CT molecular complexity index is 1550. The average Bonchev–Trinajstić information content (AvgIpc) is 3.57. The van der Waals surface area contributed by atoms with Crippen LogP contribution in [0.3, 0.4) is 0 Å². The lowest BCUT2D eigenvalue weighted by Crippen LogP contribution is -2.33. The van der Waals surface area contributed by atoms with Gasteiger partial charge in [0.05, 0.1) is 0 Å². The topological polar surface area (TPSA) is 97.3 Å². The molecule has 0 bridgehead atoms. The Labute approximate surface area is 211 Å². The Morgan fingerprint density at radius 3 is 2.54 bits per heavy atom. The largest absolute Gasteiger partial charge is 0.451 e. The summed E-state index contributed by atoms with van der Waals surface area (Å²) in [5, 5.41) is 19.6. The van der Waals surface area contributed by atoms with Gasteiger partial charge in [-0.25, -0.2) is 0 Å². The minimum atomic E-state index is -0.416. The van der Waals surface area contributed by atoms with Crippen LogP contribution in [0.4, 0.5) is 5.69 Å². The summed E-state index contributed by atoms with van der Waals surface area (Å²) in [6, 6.07) is 17.1. The van der Waals surface area contributed by atoms with Crippen LogP contribution in [-0.2, 0) is 6.42 Å². The van der Waals surface area contributed by atoms with E-state index in [1.807, 2.05) is 56.3 Å². The Morgan fingerprint density at radius 2 is 1.80 bits per heavy atom. The van der Waals surface area contributed by atoms with Gasteiger partial charge in [-0.2, -0.15) is 9.61 Å². The van der Waals surface area contributed by atoms with Gasteiger partial charge in [-0.15, -0.1) is 10.2 Å². The summed E-state index contributed by atoms with van der Waals surface area (Å²) in [6.07, 6.45) is 0.765. The van der Waals surface area contributed by atoms with Crippen molar-refractivity contribution in [3.8, 4) is 21.9 Å². The highest BCUT2D eigenvalue weighted by Crippen LogP contribution is 2.27. The van der Waals surface area contributed by atoms with E-state index in [9.17, 15) is 4.79 Å². The zero-order valence-electron chi connectivity index (χ0n) is 19.3. The average molecular weight is 503 g/mol. The summed E-state index contributed by atoms with van der Waals surface area (Å²) in [4.78, 5) is 13.4. The van der Waals surface area contributed by atoms with E-state index in [1.165, 1.54) is 16.9 Å². The first-order valence-electron chi connectivity index (χ1n) is 11.0. The summed E-state index contributed by atoms with van der Waals surface area (Å²) in [6.45, 7) is 6.12. The molecular formula is C25H22N6O2S2. The standard InChI is InChI=1S/C25H22N6O2S2/c1-4-21-28-29-25-31(21)30-23(35-25)16-7-9-18(10-8-16)26-24(34)27-22(32)20-12-11-19(33-20)17-6-5-14(2)15(3)13-17/h5-13H,4H2,1-3H3,(H2,26,27,32,34). The number of anilines is 1. The predicted molar refractivity (Wildman–Crippen MR) is 141 cm³/mol. The third kappa shape index (κ3) is 4.71. The maximum atomic E-state index is 12.6. The molecule has 10 heteroatoms. The van der Waals surface area contributed by atoms with Gasteiger partial charge >= 0.3 is 0 Å². The lowest BCUT2D eigenvalue weighted by atomic mass is 10.1. The Hall–Kier alpha value is -3.89. The van der Waals surface area contributed by atoms with Gasteiger partial charge in [0.15, 0.2) is 16.7 Å². The molecule has 1 amide bonds. The monoisotopic (exact) mass is 502 g/mol. The van der Waals surface area contributed by atoms with Crippen molar-refractivity contribution in [3.05, 3.63) is 77.3 Å². The molecule has 0 radical (unpaired) electrons. The van der Waals surface area contributed by atoms with E-state index < -0.39 is 5.91 Å². The van der Waals surface area contributed by atoms with Gasteiger partial charge in [-0.05, 0) is 79.7 Å². The highest BCUT2D eigenvalue weighted by molar-refractivity contribution is 7.80. The predicted octanol–water partition coefficient (Wildman–Crippen LogP) is 5.42. The molecule has 0 saturated carbocycles. The Balaban J connectivity index is 1.22. The molecule has 3 aromatic heterocycles. The molecule has 35 heavy (non-hydrogen) atoms. The quantitative estimate of drug-likeness (QED) is 0.310. The first kappa shape index (κ1) is 22.9. The lowest BCUT2D eigenvalue weighted by Gasteiger charge is -2.09. The van der Waals surface area contributed by atoms with Gasteiger partial charge in [0.2, 0.25) is 4.96 Å². The molecule has 8 nitrogen and oxygen atoms in total. The van der Waals surface area contributed by atoms with Gasteiger partial charge in [0.1, 0.15) is 10.8 Å². The van der Waals surface area contributed by atoms with E-state index in [2.05, 4.69) is 32.9 Å². The van der Waals surface area contributed by atoms with Gasteiger partial charge < -0.3 is 9.73 Å². The number of amides is 1. The van der Waals surface area contributed by atoms with Crippen molar-refractivity contribution < 1.29 is 9.21 Å². The summed E-state index contributed by atoms with van der Waals surface area (Å²) < 4.78 is 7.53. The number of hydrogen-bond donors (Lipinski definition) is 2. The summed E-state index contributed by atoms with van der Waals surface area (Å²) >= 11 is 6.80. The van der Waals surface area contributed by atoms with E-state index in [1.54, 1.807) is 16.6 Å². The fraction of sp³-hybridized carbons (Fsp3) is 0.160. The number of thiocarbonyl (C=S) groups is 1. The number of furan rings is 1. The molecule has 3 heterocycles. The molecule has 5 rings (SSSR count). The summed E-state index contributed by atoms with van der Waals surface area (Å²) in [5.41, 5.74) is 4.98. The summed E-state index contributed by atoms with van der Waals surface area (Å²) in [5.74, 6) is 1.23. The molecule has 0 unspecified atom stereocenters. The molecule has 0 aliphatic carbocycles. The maximum absolute atomic E-state index is 12.6. The number of nitrogens with one attached hydrogen (secondary N) is 2. The molecule has 2 aromatic carbocycles. The van der Waals surface area contributed by atoms with Crippen LogP contribution in [-0.4, -0.2) is 30.8 Å². The van der Waals surface area contributed by atoms with Gasteiger partial charge in [0.25, 0.3) is 5.91 Å². The maximum Gasteiger partial charge on any atom is 0.293 e. The van der Waals surface area contributed by atoms with E-state index >= 15 is 0 Å². The number of carbonyl (C=O) groups excluding carboxylic acids is 1. The summed E-state index contributed by atoms with van der Waals surface area (Å²) in [7, 11) is 0. The molecular weight excluding hydrogens is 480 g/mol. The second-order valence-corrected chi connectivity index (χ2v) is 9.38. The number of carbonyl (C=O) groups is 1. The van der Waals surface area contributed by atoms with Crippen molar-refractivity contribution in [1.82, 2.24) is 25.1 Å². The van der Waals surface area contributed by atoms with Crippen LogP contribution in [0, 0.1) is 13.8 Å². The van der Waals surface area contributed by atoms with E-state index in [4.69, 9.17) is 16.6 Å². The number of hydrogen-bond acceptors (Lipinski definition) is 7. The molecule has 0 fully saturated rings. The molecule has 0 atom stereocenters. The van der Waals surface area contributed by atoms with E-state index in [0.29, 0.717) is 5.76 Å². The molecule has 0 aliphatic heterocycles. The second kappa shape index (κ2) is 9.40. The van der Waals surface area contributed by atoms with Crippen molar-refractivity contribution in [1.29, 1.82) is 0 Å². The minimum absolute atomic E-state index is 0.179. The van der Waals surface area contributed by atoms with Crippen LogP contribution in [0.5, 0.6) is 0 Å². The van der Waals surface area contributed by atoms with Crippen LogP contribution in [0.15, 0.2) is 59.0 Å². The van der Waals surface area contributed by atoms with Gasteiger partial charge in [0, 0.05) is 23.2 Å². The zero-order chi connectivity index (χ0) is 24.5. The fourth-order valence-corrected chi connectivity index (χ4v) is 4.60. The number of benzene rings is 2. The number of nitrogens with zero attached hydrogens (tertiary/aromatic N) is 4. The Kier molecular flexibility index (Phi) is 6.14. The molecule has 0 spiro atoms. The second-order valence-electron chi connectivity index (χ2n) is 8.02. The van der Waals surface area contributed by atoms with Crippen molar-refractivity contribution in [2.24, 2.45) is 0 Å². The van der Waals surface area contributed by atoms with Crippen LogP contribution in [0.1, 0.15) is 34.4 Å². The van der Waals surface area contributed by atoms with E-state index in [0.717, 1.165) is 44.6 Å². The molecule has 5 aromatic rings. The van der Waals surface area contributed by atoms with Crippen molar-refractivity contribution in [2.75, 3.05) is 5.32 Å². The fourth-order valence-electron chi connectivity index (χ4n) is 3.53. The van der Waals surface area contributed by atoms with Gasteiger partial charge in [-0.3, -0.25) is 10.1 Å². The Morgan fingerprint density at radius 1 is 1.03 bits per heavy atom. The molecule has 0 saturated heterocycles. The van der Waals surface area contributed by atoms with Crippen LogP contribution in [0.25, 0.3) is 26.9 Å². The third-order valence-corrected chi connectivity index (χ3v) is 6.76. The number of rotatable bonds is 5. The lowest BCUT2D eigenvalue weighted by molar-refractivity contribution is 0.0951. The highest BCUT2D eigenvalue weighted by atomic mass is 32.1. The first-order valence-corrected chi connectivity index (χ1v) is 12.2. The van der Waals surface area contributed by atoms with Gasteiger partial charge in [-0.1, -0.05) is 30.4 Å². The highest BCUT2D eigenvalue weighted by Gasteiger charge is 2.15. The van der Waals surface area contributed by atoms with Crippen LogP contribution in [0.2, 0.25) is 0 Å². The third-order valence-electron chi connectivity index (χ3n) is 5.61. The van der Waals surface area contributed by atoms with Crippen molar-refractivity contribution in [3.63, 3.8) is 0 Å². The van der Waals surface area contributed by atoms with E-state index in [-0.39, 0.29) is 10.9 Å². The molecule has 2 N–H and O–H groups in total.